The van der Waals surface area contributed by atoms with Crippen molar-refractivity contribution in [2.45, 2.75) is 19.8 Å². The zero-order valence-electron chi connectivity index (χ0n) is 17.7. The van der Waals surface area contributed by atoms with Gasteiger partial charge in [0.25, 0.3) is 5.56 Å². The Morgan fingerprint density at radius 1 is 1.09 bits per heavy atom. The second-order valence-corrected chi connectivity index (χ2v) is 8.47. The molecular formula is C22H19Cl3N6O2. The highest BCUT2D eigenvalue weighted by Crippen LogP contribution is 2.35. The number of rotatable bonds is 5. The summed E-state index contributed by atoms with van der Waals surface area (Å²) in [5.74, 6) is 0.724. The molecule has 0 aromatic heterocycles. The minimum Gasteiger partial charge on any atom is -0.341 e. The van der Waals surface area contributed by atoms with Gasteiger partial charge in [-0.15, -0.1) is 0 Å². The molecular weight excluding hydrogens is 487 g/mol. The molecule has 3 N–H and O–H groups in total. The predicted molar refractivity (Wildman–Crippen MR) is 130 cm³/mol. The van der Waals surface area contributed by atoms with E-state index >= 15 is 0 Å². The van der Waals surface area contributed by atoms with Crippen molar-refractivity contribution in [3.05, 3.63) is 78.9 Å². The molecule has 2 aliphatic heterocycles. The fraction of sp³-hybridized carbons (Fsp3) is 0.182. The van der Waals surface area contributed by atoms with Gasteiger partial charge in [0.05, 0.1) is 10.0 Å². The normalized spacial score (nSPS) is 11.1. The Balaban J connectivity index is 1.76. The van der Waals surface area contributed by atoms with E-state index in [0.29, 0.717) is 62.2 Å². The van der Waals surface area contributed by atoms with Crippen LogP contribution in [0.1, 0.15) is 24.0 Å². The third-order valence-electron chi connectivity index (χ3n) is 5.02. The molecule has 2 aromatic rings. The van der Waals surface area contributed by atoms with E-state index in [1.54, 1.807) is 36.0 Å². The highest BCUT2D eigenvalue weighted by atomic mass is 35.5. The van der Waals surface area contributed by atoms with Gasteiger partial charge in [-0.3, -0.25) is 9.89 Å². The Hall–Kier alpha value is -3.07. The van der Waals surface area contributed by atoms with Gasteiger partial charge in [-0.1, -0.05) is 53.9 Å². The number of hydrogen-bond acceptors (Lipinski definition) is 4. The third kappa shape index (κ3) is 4.68. The maximum absolute atomic E-state index is 12.9. The van der Waals surface area contributed by atoms with Crippen molar-refractivity contribution in [2.75, 3.05) is 12.4 Å². The summed E-state index contributed by atoms with van der Waals surface area (Å²) in [5.41, 5.74) is 2.63. The Kier molecular flexibility index (Phi) is 6.60. The first-order chi connectivity index (χ1) is 15.8. The van der Waals surface area contributed by atoms with E-state index in [1.165, 1.54) is 0 Å². The lowest BCUT2D eigenvalue weighted by atomic mass is 10.1. The van der Waals surface area contributed by atoms with Crippen molar-refractivity contribution < 1.29 is 4.79 Å². The lowest BCUT2D eigenvalue weighted by molar-refractivity contribution is 0.254. The van der Waals surface area contributed by atoms with Gasteiger partial charge in [0, 0.05) is 29.9 Å². The van der Waals surface area contributed by atoms with Crippen LogP contribution < -0.4 is 16.2 Å². The molecule has 2 heterocycles. The van der Waals surface area contributed by atoms with Gasteiger partial charge < -0.3 is 10.6 Å². The largest absolute Gasteiger partial charge is 0.341 e. The molecule has 4 rings (SSSR count). The molecule has 0 atom stereocenters. The van der Waals surface area contributed by atoms with Crippen LogP contribution in [-0.4, -0.2) is 32.8 Å². The van der Waals surface area contributed by atoms with Crippen LogP contribution in [0, 0.1) is 0 Å². The molecule has 8 nitrogen and oxygen atoms in total. The van der Waals surface area contributed by atoms with Crippen LogP contribution in [0.2, 0.25) is 15.1 Å². The Labute approximate surface area is 204 Å². The van der Waals surface area contributed by atoms with Crippen LogP contribution in [0.3, 0.4) is 0 Å². The first-order valence-electron chi connectivity index (χ1n) is 10.0. The fourth-order valence-electron chi connectivity index (χ4n) is 3.47. The number of urea groups is 1. The van der Waals surface area contributed by atoms with E-state index in [2.05, 4.69) is 25.7 Å². The summed E-state index contributed by atoms with van der Waals surface area (Å²) in [4.78, 5) is 33.2. The van der Waals surface area contributed by atoms with Gasteiger partial charge >= 0.3 is 6.03 Å². The van der Waals surface area contributed by atoms with Gasteiger partial charge in [-0.05, 0) is 36.2 Å². The summed E-state index contributed by atoms with van der Waals surface area (Å²) in [6.07, 6.45) is 0.879. The van der Waals surface area contributed by atoms with Gasteiger partial charge in [0.15, 0.2) is 5.82 Å². The smallest absolute Gasteiger partial charge is 0.318 e. The predicted octanol–water partition coefficient (Wildman–Crippen LogP) is 4.93. The number of nitrogens with zero attached hydrogens (tertiary/aromatic N) is 3. The first kappa shape index (κ1) is 23.1. The summed E-state index contributed by atoms with van der Waals surface area (Å²) in [5, 5.41) is 9.39. The number of hydrogen-bond donors (Lipinski definition) is 3. The number of benzene rings is 2. The van der Waals surface area contributed by atoms with Crippen LogP contribution in [-0.2, 0) is 12.8 Å². The van der Waals surface area contributed by atoms with Crippen LogP contribution >= 0.6 is 34.8 Å². The number of carbonyl (C=O) groups excluding carboxylic acids is 1. The van der Waals surface area contributed by atoms with Gasteiger partial charge in [0.1, 0.15) is 17.1 Å². The minimum atomic E-state index is -0.388. The summed E-state index contributed by atoms with van der Waals surface area (Å²) in [6, 6.07) is 10.0. The minimum absolute atomic E-state index is 0.309. The maximum atomic E-state index is 12.9. The Morgan fingerprint density at radius 3 is 2.36 bits per heavy atom. The monoisotopic (exact) mass is 504 g/mol. The second-order valence-electron chi connectivity index (χ2n) is 7.22. The van der Waals surface area contributed by atoms with Crippen molar-refractivity contribution in [1.29, 1.82) is 0 Å². The summed E-state index contributed by atoms with van der Waals surface area (Å²) in [7, 11) is 1.54. The summed E-state index contributed by atoms with van der Waals surface area (Å²) in [6.45, 7) is 1.92. The lowest BCUT2D eigenvalue weighted by Crippen LogP contribution is -2.24. The van der Waals surface area contributed by atoms with Crippen LogP contribution in [0.5, 0.6) is 0 Å². The number of aromatic amines is 1. The molecule has 2 aromatic carbocycles. The summed E-state index contributed by atoms with van der Waals surface area (Å²) < 4.78 is 1.60. The Morgan fingerprint density at radius 2 is 1.76 bits per heavy atom. The van der Waals surface area contributed by atoms with Crippen molar-refractivity contribution >= 4 is 46.5 Å². The SMILES string of the molecule is CCc1[nH]n(-c2c(Cl)cc(Cl)cc2Cl)c2nc(Cc3ccc(NC(=O)NC)cc3)nc(=O)c1-2. The van der Waals surface area contributed by atoms with Crippen LogP contribution in [0.25, 0.3) is 17.1 Å². The zero-order chi connectivity index (χ0) is 23.7. The van der Waals surface area contributed by atoms with E-state index < -0.39 is 0 Å². The molecule has 0 spiro atoms. The van der Waals surface area contributed by atoms with Gasteiger partial charge in [0.2, 0.25) is 0 Å². The standard InChI is InChI=1S/C22H19Cl3N6O2/c1-3-16-18-20(31(30-16)19-14(24)9-12(23)10-15(19)25)28-17(29-21(18)32)8-11-4-6-13(7-5-11)27-22(33)26-2/h4-7,9-10,30H,3,8H2,1-2H3,(H2,26,27,33). The second kappa shape index (κ2) is 9.43. The van der Waals surface area contributed by atoms with E-state index in [9.17, 15) is 9.59 Å². The number of halogens is 3. The molecule has 11 heteroatoms. The zero-order valence-corrected chi connectivity index (χ0v) is 19.9. The van der Waals surface area contributed by atoms with Crippen LogP contribution in [0.15, 0.2) is 41.2 Å². The Bertz CT molecular complexity index is 1340. The average Bonchev–Trinajstić information content (AvgIpc) is 3.13. The number of fused-ring (bicyclic) bond motifs is 1. The highest BCUT2D eigenvalue weighted by Gasteiger charge is 2.25. The van der Waals surface area contributed by atoms with E-state index in [4.69, 9.17) is 34.8 Å². The number of aryl methyl sites for hydroxylation is 1. The molecule has 0 unspecified atom stereocenters. The van der Waals surface area contributed by atoms with Gasteiger partial charge in [-0.25, -0.2) is 14.5 Å². The number of nitrogens with one attached hydrogen (secondary N) is 3. The maximum Gasteiger partial charge on any atom is 0.318 e. The molecule has 0 bridgehead atoms. The van der Waals surface area contributed by atoms with Gasteiger partial charge in [-0.2, -0.15) is 4.98 Å². The first-order valence-corrected chi connectivity index (χ1v) is 11.2. The molecule has 170 valence electrons. The fourth-order valence-corrected chi connectivity index (χ4v) is 4.45. The highest BCUT2D eigenvalue weighted by molar-refractivity contribution is 6.40. The van der Waals surface area contributed by atoms with Crippen molar-refractivity contribution in [3.8, 4) is 17.1 Å². The molecule has 2 aliphatic rings. The molecule has 33 heavy (non-hydrogen) atoms. The van der Waals surface area contributed by atoms with Crippen molar-refractivity contribution in [2.24, 2.45) is 0 Å². The molecule has 2 amide bonds. The third-order valence-corrected chi connectivity index (χ3v) is 5.82. The number of anilines is 1. The number of H-pyrrole nitrogens is 1. The van der Waals surface area contributed by atoms with Crippen molar-refractivity contribution in [3.63, 3.8) is 0 Å². The van der Waals surface area contributed by atoms with Crippen LogP contribution in [0.4, 0.5) is 10.5 Å². The number of aromatic nitrogens is 4. The topological polar surface area (TPSA) is 105 Å². The molecule has 0 saturated carbocycles. The average molecular weight is 506 g/mol. The van der Waals surface area contributed by atoms with E-state index in [0.717, 1.165) is 5.56 Å². The summed E-state index contributed by atoms with van der Waals surface area (Å²) >= 11 is 18.9. The molecule has 0 saturated heterocycles. The molecule has 0 aliphatic carbocycles. The van der Waals surface area contributed by atoms with Crippen molar-refractivity contribution in [1.82, 2.24) is 25.1 Å². The molecule has 0 radical (unpaired) electrons. The number of amides is 2. The molecule has 0 fully saturated rings. The number of carbonyl (C=O) groups is 1. The van der Waals surface area contributed by atoms with E-state index in [1.807, 2.05) is 19.1 Å². The van der Waals surface area contributed by atoms with E-state index in [-0.39, 0.29) is 11.6 Å². The quantitative estimate of drug-likeness (QED) is 0.358. The lowest BCUT2D eigenvalue weighted by Gasteiger charge is -2.12.